The Balaban J connectivity index is 1.67. The molecule has 3 N–H and O–H groups in total. The minimum Gasteiger partial charge on any atom is -0.389 e. The van der Waals surface area contributed by atoms with Gasteiger partial charge in [0.15, 0.2) is 0 Å². The van der Waals surface area contributed by atoms with E-state index in [0.29, 0.717) is 18.1 Å². The van der Waals surface area contributed by atoms with Crippen LogP contribution in [0.3, 0.4) is 0 Å². The van der Waals surface area contributed by atoms with Crippen molar-refractivity contribution in [1.82, 2.24) is 10.6 Å². The number of rotatable bonds is 8. The topological polar surface area (TPSA) is 70.6 Å². The summed E-state index contributed by atoms with van der Waals surface area (Å²) in [6.45, 7) is 2.75. The van der Waals surface area contributed by atoms with Crippen molar-refractivity contribution in [3.63, 3.8) is 0 Å². The molecule has 1 aromatic carbocycles. The van der Waals surface area contributed by atoms with Crippen molar-refractivity contribution in [3.8, 4) is 0 Å². The average molecular weight is 345 g/mol. The normalized spacial score (nSPS) is 16.7. The summed E-state index contributed by atoms with van der Waals surface area (Å²) in [7, 11) is 0. The highest BCUT2D eigenvalue weighted by atomic mass is 35.5. The first-order chi connectivity index (χ1) is 11.0. The Kier molecular flexibility index (Phi) is 6.62. The van der Waals surface area contributed by atoms with Gasteiger partial charge < -0.3 is 20.5 Å². The predicted octanol–water partition coefficient (Wildman–Crippen LogP) is 2.63. The van der Waals surface area contributed by atoms with E-state index in [1.165, 1.54) is 25.0 Å². The fraction of sp³-hybridized carbons (Fsp3) is 0.562. The quantitative estimate of drug-likeness (QED) is 0.679. The first-order valence-corrected chi connectivity index (χ1v) is 8.08. The van der Waals surface area contributed by atoms with Crippen molar-refractivity contribution in [2.24, 2.45) is 5.92 Å². The van der Waals surface area contributed by atoms with E-state index in [-0.39, 0.29) is 24.2 Å². The zero-order valence-corrected chi connectivity index (χ0v) is 13.8. The second kappa shape index (κ2) is 8.47. The van der Waals surface area contributed by atoms with Crippen LogP contribution in [0.4, 0.5) is 9.18 Å². The van der Waals surface area contributed by atoms with Gasteiger partial charge in [0.1, 0.15) is 5.82 Å². The Morgan fingerprint density at radius 2 is 2.26 bits per heavy atom. The van der Waals surface area contributed by atoms with Gasteiger partial charge >= 0.3 is 6.03 Å². The monoisotopic (exact) mass is 344 g/mol. The third-order valence-corrected chi connectivity index (χ3v) is 3.94. The van der Waals surface area contributed by atoms with Crippen molar-refractivity contribution >= 4 is 17.6 Å². The van der Waals surface area contributed by atoms with Crippen molar-refractivity contribution in [3.05, 3.63) is 34.6 Å². The second-order valence-electron chi connectivity index (χ2n) is 5.88. The molecule has 7 heteroatoms. The van der Waals surface area contributed by atoms with Crippen molar-refractivity contribution in [2.45, 2.75) is 31.9 Å². The molecule has 5 nitrogen and oxygen atoms in total. The predicted molar refractivity (Wildman–Crippen MR) is 85.9 cm³/mol. The highest BCUT2D eigenvalue weighted by Crippen LogP contribution is 2.28. The molecule has 1 aromatic rings. The summed E-state index contributed by atoms with van der Waals surface area (Å²) in [6, 6.07) is 3.54. The molecule has 0 spiro atoms. The minimum atomic E-state index is -0.741. The van der Waals surface area contributed by atoms with E-state index in [1.54, 1.807) is 13.0 Å². The Bertz CT molecular complexity index is 540. The summed E-state index contributed by atoms with van der Waals surface area (Å²) in [5.74, 6) is 0.142. The van der Waals surface area contributed by atoms with Crippen molar-refractivity contribution in [2.75, 3.05) is 19.8 Å². The number of benzene rings is 1. The molecule has 1 aliphatic carbocycles. The van der Waals surface area contributed by atoms with Gasteiger partial charge in [0.05, 0.1) is 23.8 Å². The van der Waals surface area contributed by atoms with Crippen LogP contribution >= 0.6 is 11.6 Å². The molecule has 1 aliphatic rings. The van der Waals surface area contributed by atoms with Crippen LogP contribution in [-0.4, -0.2) is 37.0 Å². The first kappa shape index (κ1) is 18.0. The molecule has 1 saturated carbocycles. The molecule has 1 fully saturated rings. The molecule has 0 heterocycles. The Hall–Kier alpha value is -1.37. The Labute approximate surface area is 140 Å². The van der Waals surface area contributed by atoms with Gasteiger partial charge in [-0.1, -0.05) is 17.7 Å². The van der Waals surface area contributed by atoms with Gasteiger partial charge in [-0.3, -0.25) is 0 Å². The van der Waals surface area contributed by atoms with Crippen LogP contribution < -0.4 is 10.6 Å². The van der Waals surface area contributed by atoms with Gasteiger partial charge in [0.2, 0.25) is 0 Å². The molecule has 0 aliphatic heterocycles. The number of hydrogen-bond acceptors (Lipinski definition) is 3. The summed E-state index contributed by atoms with van der Waals surface area (Å²) in [5, 5.41) is 15.0. The molecule has 128 valence electrons. The Morgan fingerprint density at radius 3 is 2.91 bits per heavy atom. The number of amides is 2. The van der Waals surface area contributed by atoms with E-state index >= 15 is 0 Å². The number of halogens is 2. The smallest absolute Gasteiger partial charge is 0.315 e. The molecule has 23 heavy (non-hydrogen) atoms. The number of nitrogens with one attached hydrogen (secondary N) is 2. The summed E-state index contributed by atoms with van der Waals surface area (Å²) >= 11 is 5.72. The van der Waals surface area contributed by atoms with Crippen molar-refractivity contribution in [1.29, 1.82) is 0 Å². The summed E-state index contributed by atoms with van der Waals surface area (Å²) in [5.41, 5.74) is 0.694. The number of hydrogen-bond donors (Lipinski definition) is 3. The molecular formula is C16H22ClFN2O3. The maximum Gasteiger partial charge on any atom is 0.315 e. The van der Waals surface area contributed by atoms with E-state index in [2.05, 4.69) is 10.6 Å². The van der Waals surface area contributed by atoms with Gasteiger partial charge in [-0.15, -0.1) is 0 Å². The van der Waals surface area contributed by atoms with Gasteiger partial charge in [-0.25, -0.2) is 9.18 Å². The van der Waals surface area contributed by atoms with Crippen molar-refractivity contribution < 1.29 is 19.0 Å². The number of carbonyl (C=O) groups is 1. The largest absolute Gasteiger partial charge is 0.389 e. The summed E-state index contributed by atoms with van der Waals surface area (Å²) < 4.78 is 18.5. The molecule has 0 saturated heterocycles. The third kappa shape index (κ3) is 6.33. The molecule has 2 unspecified atom stereocenters. The molecule has 2 amide bonds. The standard InChI is InChI=1S/C16H22ClFN2O3/c1-10(12-4-5-15(18)14(17)6-12)20-16(22)19-7-13(21)9-23-8-11-2-3-11/h4-6,10-11,13,21H,2-3,7-9H2,1H3,(H2,19,20,22). The maximum absolute atomic E-state index is 13.1. The lowest BCUT2D eigenvalue weighted by molar-refractivity contribution is 0.0337. The zero-order chi connectivity index (χ0) is 16.8. The fourth-order valence-corrected chi connectivity index (χ4v) is 2.23. The first-order valence-electron chi connectivity index (χ1n) is 7.71. The van der Waals surface area contributed by atoms with Crippen LogP contribution in [0.5, 0.6) is 0 Å². The second-order valence-corrected chi connectivity index (χ2v) is 6.29. The van der Waals surface area contributed by atoms with E-state index in [1.807, 2.05) is 0 Å². The van der Waals surface area contributed by atoms with Crippen LogP contribution in [0.15, 0.2) is 18.2 Å². The molecular weight excluding hydrogens is 323 g/mol. The molecule has 0 aromatic heterocycles. The summed E-state index contributed by atoms with van der Waals surface area (Å²) in [4.78, 5) is 11.8. The van der Waals surface area contributed by atoms with E-state index in [9.17, 15) is 14.3 Å². The number of carbonyl (C=O) groups excluding carboxylic acids is 1. The van der Waals surface area contributed by atoms with E-state index in [4.69, 9.17) is 16.3 Å². The van der Waals surface area contributed by atoms with Crippen LogP contribution in [0.25, 0.3) is 0 Å². The lowest BCUT2D eigenvalue weighted by Crippen LogP contribution is -2.41. The van der Waals surface area contributed by atoms with Gasteiger partial charge in [-0.2, -0.15) is 0 Å². The number of aliphatic hydroxyl groups excluding tert-OH is 1. The Morgan fingerprint density at radius 1 is 1.52 bits per heavy atom. The number of urea groups is 1. The molecule has 2 rings (SSSR count). The molecule has 0 bridgehead atoms. The fourth-order valence-electron chi connectivity index (χ4n) is 2.04. The lowest BCUT2D eigenvalue weighted by atomic mass is 10.1. The zero-order valence-electron chi connectivity index (χ0n) is 13.0. The van der Waals surface area contributed by atoms with Gasteiger partial charge in [0, 0.05) is 13.2 Å². The SMILES string of the molecule is CC(NC(=O)NCC(O)COCC1CC1)c1ccc(F)c(Cl)c1. The maximum atomic E-state index is 13.1. The minimum absolute atomic E-state index is 0.0137. The number of ether oxygens (including phenoxy) is 1. The highest BCUT2D eigenvalue weighted by molar-refractivity contribution is 6.30. The van der Waals surface area contributed by atoms with Crippen LogP contribution in [0.2, 0.25) is 5.02 Å². The van der Waals surface area contributed by atoms with Gasteiger partial charge in [0.25, 0.3) is 0 Å². The lowest BCUT2D eigenvalue weighted by Gasteiger charge is -2.17. The molecule has 2 atom stereocenters. The van der Waals surface area contributed by atoms with Crippen LogP contribution in [0.1, 0.15) is 31.4 Å². The van der Waals surface area contributed by atoms with Crippen LogP contribution in [-0.2, 0) is 4.74 Å². The summed E-state index contributed by atoms with van der Waals surface area (Å²) in [6.07, 6.45) is 1.65. The van der Waals surface area contributed by atoms with Crippen LogP contribution in [0, 0.1) is 11.7 Å². The van der Waals surface area contributed by atoms with E-state index < -0.39 is 18.0 Å². The number of aliphatic hydroxyl groups is 1. The molecule has 0 radical (unpaired) electrons. The third-order valence-electron chi connectivity index (χ3n) is 3.65. The van der Waals surface area contributed by atoms with Gasteiger partial charge in [-0.05, 0) is 43.4 Å². The van der Waals surface area contributed by atoms with E-state index in [0.717, 1.165) is 0 Å². The highest BCUT2D eigenvalue weighted by Gasteiger charge is 2.21. The average Bonchev–Trinajstić information content (AvgIpc) is 3.32.